The predicted molar refractivity (Wildman–Crippen MR) is 94.6 cm³/mol. The minimum absolute atomic E-state index is 0.251. The molecule has 0 fully saturated rings. The SMILES string of the molecule is Cc1ccc(CC(C)n2c(=S)[nH]c3cc(Cl)c(Cl)cc32)s1. The first-order chi connectivity index (χ1) is 9.95. The summed E-state index contributed by atoms with van der Waals surface area (Å²) in [6.07, 6.45) is 0.944. The minimum atomic E-state index is 0.251. The standard InChI is InChI=1S/C15H14Cl2N2S2/c1-8(5-10-4-3-9(2)21-10)19-14-7-12(17)11(16)6-13(14)18-15(19)20/h3-4,6-8H,5H2,1-2H3,(H,18,20). The molecular formula is C15H14Cl2N2S2. The fourth-order valence-corrected chi connectivity index (χ4v) is 4.26. The third-order valence-electron chi connectivity index (χ3n) is 3.49. The summed E-state index contributed by atoms with van der Waals surface area (Å²) in [5.41, 5.74) is 1.92. The van der Waals surface area contributed by atoms with Gasteiger partial charge in [0, 0.05) is 22.2 Å². The lowest BCUT2D eigenvalue weighted by Gasteiger charge is -2.14. The molecule has 0 bridgehead atoms. The number of nitrogens with one attached hydrogen (secondary N) is 1. The summed E-state index contributed by atoms with van der Waals surface area (Å²) in [5, 5.41) is 1.08. The molecule has 1 aromatic carbocycles. The van der Waals surface area contributed by atoms with Crippen LogP contribution in [0.2, 0.25) is 10.0 Å². The Morgan fingerprint density at radius 3 is 2.67 bits per heavy atom. The number of thiophene rings is 1. The Kier molecular flexibility index (Phi) is 4.14. The summed E-state index contributed by atoms with van der Waals surface area (Å²) >= 11 is 19.5. The van der Waals surface area contributed by atoms with E-state index in [9.17, 15) is 0 Å². The number of benzene rings is 1. The van der Waals surface area contributed by atoms with Gasteiger partial charge in [-0.2, -0.15) is 0 Å². The van der Waals surface area contributed by atoms with Crippen LogP contribution in [0.25, 0.3) is 11.0 Å². The lowest BCUT2D eigenvalue weighted by molar-refractivity contribution is 0.557. The molecular weight excluding hydrogens is 343 g/mol. The molecule has 0 saturated heterocycles. The van der Waals surface area contributed by atoms with Crippen molar-refractivity contribution in [3.63, 3.8) is 0 Å². The first-order valence-corrected chi connectivity index (χ1v) is 8.58. The second kappa shape index (κ2) is 5.76. The molecule has 0 aliphatic rings. The van der Waals surface area contributed by atoms with Crippen LogP contribution >= 0.6 is 46.8 Å². The Morgan fingerprint density at radius 1 is 1.29 bits per heavy atom. The third kappa shape index (κ3) is 2.90. The van der Waals surface area contributed by atoms with Gasteiger partial charge in [0.15, 0.2) is 4.77 Å². The van der Waals surface area contributed by atoms with Crippen molar-refractivity contribution in [2.45, 2.75) is 26.3 Å². The second-order valence-corrected chi connectivity index (χ2v) is 7.72. The summed E-state index contributed by atoms with van der Waals surface area (Å²) in [6, 6.07) is 8.29. The van der Waals surface area contributed by atoms with Crippen LogP contribution in [0.4, 0.5) is 0 Å². The first-order valence-electron chi connectivity index (χ1n) is 6.60. The van der Waals surface area contributed by atoms with E-state index in [2.05, 4.69) is 35.5 Å². The number of nitrogens with zero attached hydrogens (tertiary/aromatic N) is 1. The zero-order valence-corrected chi connectivity index (χ0v) is 14.8. The molecule has 2 aromatic heterocycles. The van der Waals surface area contributed by atoms with Crippen LogP contribution in [0.5, 0.6) is 0 Å². The normalized spacial score (nSPS) is 13.0. The van der Waals surface area contributed by atoms with Crippen LogP contribution in [0, 0.1) is 11.7 Å². The van der Waals surface area contributed by atoms with Gasteiger partial charge in [0.05, 0.1) is 21.1 Å². The van der Waals surface area contributed by atoms with E-state index in [-0.39, 0.29) is 6.04 Å². The number of hydrogen-bond acceptors (Lipinski definition) is 2. The van der Waals surface area contributed by atoms with Crippen molar-refractivity contribution >= 4 is 57.8 Å². The fraction of sp³-hybridized carbons (Fsp3) is 0.267. The molecule has 1 atom stereocenters. The third-order valence-corrected chi connectivity index (χ3v) is 5.54. The zero-order chi connectivity index (χ0) is 15.1. The van der Waals surface area contributed by atoms with Gasteiger partial charge >= 0.3 is 0 Å². The van der Waals surface area contributed by atoms with Gasteiger partial charge < -0.3 is 9.55 Å². The Hall–Kier alpha value is -0.810. The van der Waals surface area contributed by atoms with Crippen LogP contribution in [0.1, 0.15) is 22.7 Å². The summed E-state index contributed by atoms with van der Waals surface area (Å²) in [7, 11) is 0. The Morgan fingerprint density at radius 2 is 2.00 bits per heavy atom. The van der Waals surface area contributed by atoms with Crippen molar-refractivity contribution in [1.29, 1.82) is 0 Å². The van der Waals surface area contributed by atoms with Crippen LogP contribution in [0.3, 0.4) is 0 Å². The number of halogens is 2. The van der Waals surface area contributed by atoms with Crippen molar-refractivity contribution in [1.82, 2.24) is 9.55 Å². The van der Waals surface area contributed by atoms with Crippen LogP contribution < -0.4 is 0 Å². The zero-order valence-electron chi connectivity index (χ0n) is 11.6. The van der Waals surface area contributed by atoms with Crippen molar-refractivity contribution in [2.75, 3.05) is 0 Å². The summed E-state index contributed by atoms with van der Waals surface area (Å²) in [6.45, 7) is 4.29. The lowest BCUT2D eigenvalue weighted by Crippen LogP contribution is -2.07. The highest BCUT2D eigenvalue weighted by atomic mass is 35.5. The molecule has 1 N–H and O–H groups in total. The Balaban J connectivity index is 2.04. The van der Waals surface area contributed by atoms with Crippen molar-refractivity contribution < 1.29 is 0 Å². The smallest absolute Gasteiger partial charge is 0.178 e. The molecule has 0 radical (unpaired) electrons. The molecule has 2 nitrogen and oxygen atoms in total. The highest BCUT2D eigenvalue weighted by Gasteiger charge is 2.14. The maximum Gasteiger partial charge on any atom is 0.178 e. The number of aromatic nitrogens is 2. The average molecular weight is 357 g/mol. The highest BCUT2D eigenvalue weighted by Crippen LogP contribution is 2.30. The fourth-order valence-electron chi connectivity index (χ4n) is 2.54. The molecule has 0 spiro atoms. The number of imidazole rings is 1. The summed E-state index contributed by atoms with van der Waals surface area (Å²) in [4.78, 5) is 5.89. The molecule has 2 heterocycles. The average Bonchev–Trinajstić information content (AvgIpc) is 2.93. The number of hydrogen-bond donors (Lipinski definition) is 1. The number of H-pyrrole nitrogens is 1. The van der Waals surface area contributed by atoms with Gasteiger partial charge in [-0.25, -0.2) is 0 Å². The van der Waals surface area contributed by atoms with Gasteiger partial charge in [-0.15, -0.1) is 11.3 Å². The molecule has 110 valence electrons. The maximum absolute atomic E-state index is 6.15. The molecule has 3 rings (SSSR count). The number of aryl methyl sites for hydroxylation is 1. The van der Waals surface area contributed by atoms with Crippen LogP contribution in [-0.4, -0.2) is 9.55 Å². The first kappa shape index (κ1) is 15.1. The quantitative estimate of drug-likeness (QED) is 0.555. The van der Waals surface area contributed by atoms with Crippen LogP contribution in [-0.2, 0) is 6.42 Å². The van der Waals surface area contributed by atoms with Gasteiger partial charge in [-0.1, -0.05) is 23.2 Å². The van der Waals surface area contributed by atoms with Gasteiger partial charge in [0.25, 0.3) is 0 Å². The molecule has 0 aliphatic heterocycles. The van der Waals surface area contributed by atoms with Crippen molar-refractivity contribution in [3.05, 3.63) is 48.8 Å². The molecule has 1 unspecified atom stereocenters. The monoisotopic (exact) mass is 356 g/mol. The molecule has 0 aliphatic carbocycles. The van der Waals surface area contributed by atoms with E-state index in [4.69, 9.17) is 35.4 Å². The molecule has 0 amide bonds. The molecule has 21 heavy (non-hydrogen) atoms. The van der Waals surface area contributed by atoms with Gasteiger partial charge in [0.1, 0.15) is 0 Å². The molecule has 0 saturated carbocycles. The molecule has 6 heteroatoms. The van der Waals surface area contributed by atoms with E-state index in [1.165, 1.54) is 9.75 Å². The Labute approximate surface area is 142 Å². The van der Waals surface area contributed by atoms with E-state index in [1.54, 1.807) is 0 Å². The van der Waals surface area contributed by atoms with Gasteiger partial charge in [-0.3, -0.25) is 0 Å². The van der Waals surface area contributed by atoms with E-state index in [1.807, 2.05) is 23.5 Å². The maximum atomic E-state index is 6.15. The highest BCUT2D eigenvalue weighted by molar-refractivity contribution is 7.71. The van der Waals surface area contributed by atoms with E-state index < -0.39 is 0 Å². The largest absolute Gasteiger partial charge is 0.331 e. The van der Waals surface area contributed by atoms with Gasteiger partial charge in [-0.05, 0) is 50.3 Å². The van der Waals surface area contributed by atoms with E-state index >= 15 is 0 Å². The second-order valence-electron chi connectivity index (χ2n) is 5.15. The number of fused-ring (bicyclic) bond motifs is 1. The minimum Gasteiger partial charge on any atom is -0.331 e. The van der Waals surface area contributed by atoms with Crippen molar-refractivity contribution in [2.24, 2.45) is 0 Å². The van der Waals surface area contributed by atoms with Gasteiger partial charge in [0.2, 0.25) is 0 Å². The summed E-state index contributed by atoms with van der Waals surface area (Å²) in [5.74, 6) is 0. The predicted octanol–water partition coefficient (Wildman–Crippen LogP) is 6.18. The van der Waals surface area contributed by atoms with Crippen LogP contribution in [0.15, 0.2) is 24.3 Å². The lowest BCUT2D eigenvalue weighted by atomic mass is 10.2. The molecule has 3 aromatic rings. The topological polar surface area (TPSA) is 20.7 Å². The van der Waals surface area contributed by atoms with E-state index in [0.717, 1.165) is 17.5 Å². The Bertz CT molecular complexity index is 860. The summed E-state index contributed by atoms with van der Waals surface area (Å²) < 4.78 is 2.81. The van der Waals surface area contributed by atoms with Crippen molar-refractivity contribution in [3.8, 4) is 0 Å². The number of rotatable bonds is 3. The van der Waals surface area contributed by atoms with E-state index in [0.29, 0.717) is 14.8 Å². The number of aromatic amines is 1.